The molecule has 0 radical (unpaired) electrons. The van der Waals surface area contributed by atoms with Crippen LogP contribution in [-0.2, 0) is 0 Å². The molecule has 84 valence electrons. The van der Waals surface area contributed by atoms with Gasteiger partial charge in [0.05, 0.1) is 0 Å². The van der Waals surface area contributed by atoms with Gasteiger partial charge in [-0.15, -0.1) is 0 Å². The van der Waals surface area contributed by atoms with Crippen LogP contribution in [0.4, 0.5) is 0 Å². The molecular weight excluding hydrogens is 188 g/mol. The van der Waals surface area contributed by atoms with E-state index in [1.54, 1.807) is 0 Å². The summed E-state index contributed by atoms with van der Waals surface area (Å²) in [5.41, 5.74) is 1.29. The molecule has 14 heavy (non-hydrogen) atoms. The minimum Gasteiger partial charge on any atom is -0.175 e. The SMILES string of the molecule is C=C(CS)CCC(C)CCCCCC. The molecule has 0 bridgehead atoms. The fourth-order valence-electron chi connectivity index (χ4n) is 1.59. The van der Waals surface area contributed by atoms with E-state index in [0.29, 0.717) is 0 Å². The third kappa shape index (κ3) is 8.68. The molecule has 0 aromatic heterocycles. The Kier molecular flexibility index (Phi) is 9.70. The van der Waals surface area contributed by atoms with Crippen molar-refractivity contribution in [2.75, 3.05) is 5.75 Å². The predicted molar refractivity (Wildman–Crippen MR) is 70.2 cm³/mol. The lowest BCUT2D eigenvalue weighted by atomic mass is 9.96. The van der Waals surface area contributed by atoms with E-state index in [1.165, 1.54) is 50.5 Å². The Morgan fingerprint density at radius 1 is 1.21 bits per heavy atom. The standard InChI is InChI=1S/C13H26S/c1-4-5-6-7-8-12(2)9-10-13(3)11-14/h12,14H,3-11H2,1-2H3. The van der Waals surface area contributed by atoms with Crippen molar-refractivity contribution in [2.45, 2.75) is 58.8 Å². The summed E-state index contributed by atoms with van der Waals surface area (Å²) in [5.74, 6) is 1.71. The fraction of sp³-hybridized carbons (Fsp3) is 0.846. The van der Waals surface area contributed by atoms with Gasteiger partial charge in [0, 0.05) is 5.75 Å². The van der Waals surface area contributed by atoms with Gasteiger partial charge in [0.1, 0.15) is 0 Å². The summed E-state index contributed by atoms with van der Waals surface area (Å²) in [6, 6.07) is 0. The van der Waals surface area contributed by atoms with E-state index in [0.717, 1.165) is 11.7 Å². The molecule has 0 aromatic carbocycles. The first kappa shape index (κ1) is 14.1. The molecule has 0 saturated heterocycles. The first-order chi connectivity index (χ1) is 6.70. The second kappa shape index (κ2) is 9.64. The molecule has 0 aliphatic heterocycles. The summed E-state index contributed by atoms with van der Waals surface area (Å²) in [5, 5.41) is 0. The smallest absolute Gasteiger partial charge is 0.0110 e. The van der Waals surface area contributed by atoms with Crippen LogP contribution in [0.15, 0.2) is 12.2 Å². The highest BCUT2D eigenvalue weighted by atomic mass is 32.1. The molecule has 0 aromatic rings. The monoisotopic (exact) mass is 214 g/mol. The lowest BCUT2D eigenvalue weighted by Gasteiger charge is -2.11. The summed E-state index contributed by atoms with van der Waals surface area (Å²) in [6.45, 7) is 8.60. The molecule has 0 saturated carbocycles. The molecule has 1 atom stereocenters. The van der Waals surface area contributed by atoms with Crippen molar-refractivity contribution in [3.05, 3.63) is 12.2 Å². The van der Waals surface area contributed by atoms with Gasteiger partial charge in [-0.25, -0.2) is 0 Å². The van der Waals surface area contributed by atoms with Crippen LogP contribution in [0.1, 0.15) is 58.8 Å². The molecule has 1 heteroatoms. The minimum absolute atomic E-state index is 0.850. The Balaban J connectivity index is 3.27. The molecule has 0 heterocycles. The van der Waals surface area contributed by atoms with Crippen LogP contribution in [0.25, 0.3) is 0 Å². The average Bonchev–Trinajstić information content (AvgIpc) is 2.21. The van der Waals surface area contributed by atoms with Gasteiger partial charge in [0.15, 0.2) is 0 Å². The maximum atomic E-state index is 4.22. The second-order valence-electron chi connectivity index (χ2n) is 4.40. The van der Waals surface area contributed by atoms with Crippen molar-refractivity contribution < 1.29 is 0 Å². The predicted octanol–water partition coefficient (Wildman–Crippen LogP) is 4.86. The third-order valence-corrected chi connectivity index (χ3v) is 3.21. The van der Waals surface area contributed by atoms with Crippen LogP contribution in [0, 0.1) is 5.92 Å². The first-order valence-electron chi connectivity index (χ1n) is 5.98. The van der Waals surface area contributed by atoms with E-state index in [9.17, 15) is 0 Å². The van der Waals surface area contributed by atoms with Gasteiger partial charge in [0.2, 0.25) is 0 Å². The zero-order valence-electron chi connectivity index (χ0n) is 9.89. The van der Waals surface area contributed by atoms with E-state index in [1.807, 2.05) is 0 Å². The van der Waals surface area contributed by atoms with Crippen molar-refractivity contribution in [1.29, 1.82) is 0 Å². The minimum atomic E-state index is 0.850. The Morgan fingerprint density at radius 3 is 2.50 bits per heavy atom. The van der Waals surface area contributed by atoms with Crippen LogP contribution in [0.2, 0.25) is 0 Å². The topological polar surface area (TPSA) is 0 Å². The first-order valence-corrected chi connectivity index (χ1v) is 6.61. The molecule has 0 aliphatic carbocycles. The molecule has 0 fully saturated rings. The van der Waals surface area contributed by atoms with Crippen molar-refractivity contribution in [3.63, 3.8) is 0 Å². The van der Waals surface area contributed by atoms with Gasteiger partial charge in [-0.1, -0.05) is 58.1 Å². The second-order valence-corrected chi connectivity index (χ2v) is 4.72. The molecule has 0 aliphatic rings. The largest absolute Gasteiger partial charge is 0.175 e. The highest BCUT2D eigenvalue weighted by Gasteiger charge is 2.02. The summed E-state index contributed by atoms with van der Waals surface area (Å²) in [6.07, 6.45) is 9.40. The molecule has 1 unspecified atom stereocenters. The molecule has 0 rings (SSSR count). The Bertz CT molecular complexity index is 140. The van der Waals surface area contributed by atoms with Gasteiger partial charge in [-0.05, 0) is 18.8 Å². The maximum Gasteiger partial charge on any atom is 0.0110 e. The maximum absolute atomic E-state index is 4.22. The Labute approximate surface area is 95.6 Å². The van der Waals surface area contributed by atoms with E-state index >= 15 is 0 Å². The molecule has 0 N–H and O–H groups in total. The summed E-state index contributed by atoms with van der Waals surface area (Å²) >= 11 is 4.22. The van der Waals surface area contributed by atoms with Crippen molar-refractivity contribution in [2.24, 2.45) is 5.92 Å². The zero-order valence-corrected chi connectivity index (χ0v) is 10.8. The fourth-order valence-corrected chi connectivity index (χ4v) is 1.75. The van der Waals surface area contributed by atoms with E-state index < -0.39 is 0 Å². The zero-order chi connectivity index (χ0) is 10.8. The number of thiol groups is 1. The van der Waals surface area contributed by atoms with Crippen LogP contribution < -0.4 is 0 Å². The summed E-state index contributed by atoms with van der Waals surface area (Å²) in [4.78, 5) is 0. The van der Waals surface area contributed by atoms with Crippen LogP contribution in [0.5, 0.6) is 0 Å². The van der Waals surface area contributed by atoms with E-state index in [-0.39, 0.29) is 0 Å². The van der Waals surface area contributed by atoms with Gasteiger partial charge in [0.25, 0.3) is 0 Å². The number of unbranched alkanes of at least 4 members (excludes halogenated alkanes) is 3. The third-order valence-electron chi connectivity index (χ3n) is 2.76. The Hall–Kier alpha value is 0.0900. The lowest BCUT2D eigenvalue weighted by molar-refractivity contribution is 0.460. The van der Waals surface area contributed by atoms with E-state index in [4.69, 9.17) is 0 Å². The van der Waals surface area contributed by atoms with E-state index in [2.05, 4.69) is 33.1 Å². The molecular formula is C13H26S. The van der Waals surface area contributed by atoms with Crippen LogP contribution >= 0.6 is 12.6 Å². The lowest BCUT2D eigenvalue weighted by Crippen LogP contribution is -1.96. The highest BCUT2D eigenvalue weighted by Crippen LogP contribution is 2.17. The number of hydrogen-bond acceptors (Lipinski definition) is 1. The average molecular weight is 214 g/mol. The van der Waals surface area contributed by atoms with Crippen molar-refractivity contribution in [3.8, 4) is 0 Å². The quantitative estimate of drug-likeness (QED) is 0.316. The summed E-state index contributed by atoms with van der Waals surface area (Å²) < 4.78 is 0. The van der Waals surface area contributed by atoms with Gasteiger partial charge in [-0.3, -0.25) is 0 Å². The highest BCUT2D eigenvalue weighted by molar-refractivity contribution is 7.80. The normalized spacial score (nSPS) is 12.8. The van der Waals surface area contributed by atoms with Crippen LogP contribution in [0.3, 0.4) is 0 Å². The van der Waals surface area contributed by atoms with Gasteiger partial charge < -0.3 is 0 Å². The van der Waals surface area contributed by atoms with Gasteiger partial charge >= 0.3 is 0 Å². The van der Waals surface area contributed by atoms with Crippen molar-refractivity contribution >= 4 is 12.6 Å². The van der Waals surface area contributed by atoms with Crippen molar-refractivity contribution in [1.82, 2.24) is 0 Å². The molecule has 0 nitrogen and oxygen atoms in total. The molecule has 0 amide bonds. The molecule has 0 spiro atoms. The number of hydrogen-bond donors (Lipinski definition) is 1. The Morgan fingerprint density at radius 2 is 1.93 bits per heavy atom. The number of rotatable bonds is 9. The summed E-state index contributed by atoms with van der Waals surface area (Å²) in [7, 11) is 0. The van der Waals surface area contributed by atoms with Crippen LogP contribution in [-0.4, -0.2) is 5.75 Å². The van der Waals surface area contributed by atoms with Gasteiger partial charge in [-0.2, -0.15) is 12.6 Å².